The number of hydrogen-bond acceptors (Lipinski definition) is 5. The summed E-state index contributed by atoms with van der Waals surface area (Å²) < 4.78 is 5.52. The van der Waals surface area contributed by atoms with Crippen LogP contribution in [-0.4, -0.2) is 44.6 Å². The van der Waals surface area contributed by atoms with Crippen LogP contribution in [0.5, 0.6) is 0 Å². The summed E-state index contributed by atoms with van der Waals surface area (Å²) in [5.74, 6) is 0.674. The van der Waals surface area contributed by atoms with Crippen LogP contribution in [0.1, 0.15) is 25.3 Å². The summed E-state index contributed by atoms with van der Waals surface area (Å²) >= 11 is 6.26. The molecule has 2 aromatic heterocycles. The van der Waals surface area contributed by atoms with E-state index in [0.717, 1.165) is 23.8 Å². The Bertz CT molecular complexity index is 962. The number of halogens is 1. The first-order valence-electron chi connectivity index (χ1n) is 9.33. The minimum atomic E-state index is -0.296. The molecule has 1 amide bonds. The zero-order valence-corrected chi connectivity index (χ0v) is 16.3. The maximum absolute atomic E-state index is 12.6. The predicted molar refractivity (Wildman–Crippen MR) is 108 cm³/mol. The molecule has 8 heteroatoms. The van der Waals surface area contributed by atoms with E-state index in [1.807, 2.05) is 37.3 Å². The second-order valence-corrected chi connectivity index (χ2v) is 7.45. The number of carbonyl (C=O) groups is 1. The van der Waals surface area contributed by atoms with Gasteiger partial charge in [0.25, 0.3) is 0 Å². The van der Waals surface area contributed by atoms with Crippen LogP contribution < -0.4 is 5.32 Å². The molecule has 146 valence electrons. The number of hydrogen-bond donors (Lipinski definition) is 2. The van der Waals surface area contributed by atoms with Crippen molar-refractivity contribution in [2.24, 2.45) is 0 Å². The molecule has 4 rings (SSSR count). The lowest BCUT2D eigenvalue weighted by Gasteiger charge is -2.37. The number of anilines is 1. The van der Waals surface area contributed by atoms with Crippen LogP contribution in [0.15, 0.2) is 42.9 Å². The van der Waals surface area contributed by atoms with Crippen LogP contribution in [0, 0.1) is 0 Å². The average molecular weight is 400 g/mol. The van der Waals surface area contributed by atoms with Crippen LogP contribution in [-0.2, 0) is 11.3 Å². The van der Waals surface area contributed by atoms with E-state index in [4.69, 9.17) is 16.3 Å². The molecular weight excluding hydrogens is 378 g/mol. The number of benzene rings is 1. The van der Waals surface area contributed by atoms with Gasteiger partial charge in [-0.3, -0.25) is 0 Å². The van der Waals surface area contributed by atoms with Gasteiger partial charge in [-0.15, -0.1) is 0 Å². The number of aromatic amines is 1. The minimum absolute atomic E-state index is 0.0598. The maximum Gasteiger partial charge on any atom is 0.410 e. The summed E-state index contributed by atoms with van der Waals surface area (Å²) in [4.78, 5) is 26.0. The average Bonchev–Trinajstić information content (AvgIpc) is 3.10. The van der Waals surface area contributed by atoms with Crippen molar-refractivity contribution < 1.29 is 9.53 Å². The fraction of sp³-hybridized carbons (Fsp3) is 0.350. The Kier molecular flexibility index (Phi) is 5.34. The summed E-state index contributed by atoms with van der Waals surface area (Å²) in [7, 11) is 0. The van der Waals surface area contributed by atoms with Gasteiger partial charge < -0.3 is 19.9 Å². The number of rotatable bonds is 4. The zero-order valence-electron chi connectivity index (χ0n) is 15.6. The van der Waals surface area contributed by atoms with Gasteiger partial charge >= 0.3 is 6.09 Å². The highest BCUT2D eigenvalue weighted by molar-refractivity contribution is 6.36. The summed E-state index contributed by atoms with van der Waals surface area (Å²) in [5.41, 5.74) is 1.66. The molecule has 3 aromatic rings. The molecule has 1 aromatic carbocycles. The van der Waals surface area contributed by atoms with Crippen molar-refractivity contribution in [2.45, 2.75) is 38.5 Å². The van der Waals surface area contributed by atoms with Crippen molar-refractivity contribution in [2.75, 3.05) is 11.9 Å². The molecule has 2 atom stereocenters. The van der Waals surface area contributed by atoms with Gasteiger partial charge in [-0.1, -0.05) is 41.9 Å². The summed E-state index contributed by atoms with van der Waals surface area (Å²) in [6.07, 6.45) is 4.71. The molecule has 0 saturated carbocycles. The number of aromatic nitrogens is 3. The highest BCUT2D eigenvalue weighted by Crippen LogP contribution is 2.29. The fourth-order valence-corrected chi connectivity index (χ4v) is 3.74. The third kappa shape index (κ3) is 3.89. The molecule has 3 heterocycles. The number of nitrogens with zero attached hydrogens (tertiary/aromatic N) is 3. The van der Waals surface area contributed by atoms with Crippen molar-refractivity contribution >= 4 is 34.5 Å². The smallest absolute Gasteiger partial charge is 0.410 e. The normalized spacial score (nSPS) is 19.6. The van der Waals surface area contributed by atoms with Gasteiger partial charge in [-0.05, 0) is 25.3 Å². The number of nitrogens with one attached hydrogen (secondary N) is 2. The SMILES string of the molecule is C[C@H]1CC[C@@H](Nc2ncnc3[nH]cc(Cl)c23)CN1C(=O)OCc1ccccc1. The van der Waals surface area contributed by atoms with Crippen LogP contribution in [0.3, 0.4) is 0 Å². The van der Waals surface area contributed by atoms with Gasteiger partial charge in [0.15, 0.2) is 0 Å². The lowest BCUT2D eigenvalue weighted by atomic mass is 10.00. The highest BCUT2D eigenvalue weighted by atomic mass is 35.5. The van der Waals surface area contributed by atoms with E-state index >= 15 is 0 Å². The summed E-state index contributed by atoms with van der Waals surface area (Å²) in [6, 6.07) is 9.88. The molecule has 1 aliphatic heterocycles. The topological polar surface area (TPSA) is 83.1 Å². The monoisotopic (exact) mass is 399 g/mol. The predicted octanol–water partition coefficient (Wildman–Crippen LogP) is 4.21. The number of ether oxygens (including phenoxy) is 1. The minimum Gasteiger partial charge on any atom is -0.445 e. The quantitative estimate of drug-likeness (QED) is 0.686. The number of piperidine rings is 1. The largest absolute Gasteiger partial charge is 0.445 e. The Morgan fingerprint density at radius 1 is 1.32 bits per heavy atom. The molecule has 0 bridgehead atoms. The Morgan fingerprint density at radius 2 is 2.14 bits per heavy atom. The van der Waals surface area contributed by atoms with E-state index < -0.39 is 0 Å². The number of fused-ring (bicyclic) bond motifs is 1. The molecular formula is C20H22ClN5O2. The molecule has 0 spiro atoms. The van der Waals surface area contributed by atoms with Crippen molar-refractivity contribution in [1.29, 1.82) is 0 Å². The zero-order chi connectivity index (χ0) is 19.5. The first-order chi connectivity index (χ1) is 13.6. The van der Waals surface area contributed by atoms with E-state index in [0.29, 0.717) is 23.0 Å². The van der Waals surface area contributed by atoms with Gasteiger partial charge in [-0.2, -0.15) is 0 Å². The van der Waals surface area contributed by atoms with E-state index in [9.17, 15) is 4.79 Å². The lowest BCUT2D eigenvalue weighted by Crippen LogP contribution is -2.49. The molecule has 0 radical (unpaired) electrons. The second kappa shape index (κ2) is 8.06. The first kappa shape index (κ1) is 18.6. The Labute approximate surface area is 168 Å². The number of H-pyrrole nitrogens is 1. The molecule has 1 aliphatic rings. The maximum atomic E-state index is 12.6. The number of carbonyl (C=O) groups excluding carboxylic acids is 1. The second-order valence-electron chi connectivity index (χ2n) is 7.04. The van der Waals surface area contributed by atoms with Gasteiger partial charge in [0, 0.05) is 24.8 Å². The number of likely N-dealkylation sites (tertiary alicyclic amines) is 1. The van der Waals surface area contributed by atoms with Crippen molar-refractivity contribution in [3.8, 4) is 0 Å². The molecule has 0 aliphatic carbocycles. The third-order valence-electron chi connectivity index (χ3n) is 5.08. The third-order valence-corrected chi connectivity index (χ3v) is 5.38. The van der Waals surface area contributed by atoms with Gasteiger partial charge in [0.2, 0.25) is 0 Å². The summed E-state index contributed by atoms with van der Waals surface area (Å²) in [5, 5.41) is 4.76. The van der Waals surface area contributed by atoms with Crippen LogP contribution in [0.4, 0.5) is 10.6 Å². The molecule has 2 N–H and O–H groups in total. The van der Waals surface area contributed by atoms with Crippen molar-refractivity contribution in [3.05, 3.63) is 53.4 Å². The first-order valence-corrected chi connectivity index (χ1v) is 9.71. The highest BCUT2D eigenvalue weighted by Gasteiger charge is 2.30. The van der Waals surface area contributed by atoms with Crippen LogP contribution in [0.25, 0.3) is 11.0 Å². The van der Waals surface area contributed by atoms with Gasteiger partial charge in [0.05, 0.1) is 10.4 Å². The Morgan fingerprint density at radius 3 is 2.96 bits per heavy atom. The Balaban J connectivity index is 1.42. The fourth-order valence-electron chi connectivity index (χ4n) is 3.51. The molecule has 0 unspecified atom stereocenters. The summed E-state index contributed by atoms with van der Waals surface area (Å²) in [6.45, 7) is 2.86. The van der Waals surface area contributed by atoms with Crippen LogP contribution in [0.2, 0.25) is 5.02 Å². The van der Waals surface area contributed by atoms with E-state index in [1.54, 1.807) is 11.1 Å². The van der Waals surface area contributed by atoms with Crippen LogP contribution >= 0.6 is 11.6 Å². The van der Waals surface area contributed by atoms with E-state index in [2.05, 4.69) is 20.3 Å². The Hall–Kier alpha value is -2.80. The molecule has 1 fully saturated rings. The van der Waals surface area contributed by atoms with Crippen molar-refractivity contribution in [3.63, 3.8) is 0 Å². The van der Waals surface area contributed by atoms with E-state index in [-0.39, 0.29) is 24.8 Å². The molecule has 1 saturated heterocycles. The van der Waals surface area contributed by atoms with E-state index in [1.165, 1.54) is 6.33 Å². The number of amides is 1. The van der Waals surface area contributed by atoms with Gasteiger partial charge in [0.1, 0.15) is 24.4 Å². The standard InChI is InChI=1S/C20H22ClN5O2/c1-13-7-8-15(25-19-17-16(21)9-22-18(17)23-12-24-19)10-26(13)20(27)28-11-14-5-3-2-4-6-14/h2-6,9,12-13,15H,7-8,10-11H2,1H3,(H2,22,23,24,25)/t13-,15+/m0/s1. The molecule has 28 heavy (non-hydrogen) atoms. The van der Waals surface area contributed by atoms with Crippen molar-refractivity contribution in [1.82, 2.24) is 19.9 Å². The van der Waals surface area contributed by atoms with Gasteiger partial charge in [-0.25, -0.2) is 14.8 Å². The molecule has 7 nitrogen and oxygen atoms in total. The lowest BCUT2D eigenvalue weighted by molar-refractivity contribution is 0.0696.